The monoisotopic (exact) mass is 491 g/mol. The topological polar surface area (TPSA) is 97.3 Å². The lowest BCUT2D eigenvalue weighted by molar-refractivity contribution is -0.116. The van der Waals surface area contributed by atoms with Crippen LogP contribution in [-0.2, 0) is 17.9 Å². The van der Waals surface area contributed by atoms with Gasteiger partial charge in [-0.25, -0.2) is 9.78 Å². The van der Waals surface area contributed by atoms with Gasteiger partial charge in [0, 0.05) is 17.1 Å². The van der Waals surface area contributed by atoms with Gasteiger partial charge in [0.05, 0.1) is 11.0 Å². The minimum Gasteiger partial charge on any atom is -0.486 e. The summed E-state index contributed by atoms with van der Waals surface area (Å²) >= 11 is 0. The third-order valence-electron chi connectivity index (χ3n) is 5.58. The van der Waals surface area contributed by atoms with Crippen LogP contribution in [0.3, 0.4) is 0 Å². The molecule has 0 radical (unpaired) electrons. The zero-order chi connectivity index (χ0) is 25.5. The maximum absolute atomic E-state index is 13.0. The van der Waals surface area contributed by atoms with Gasteiger partial charge in [0.25, 0.3) is 0 Å². The lowest BCUT2D eigenvalue weighted by Crippen LogP contribution is -2.21. The maximum atomic E-state index is 13.0. The number of hydrogen-bond donors (Lipinski definition) is 3. The summed E-state index contributed by atoms with van der Waals surface area (Å²) < 4.78 is 7.75. The van der Waals surface area contributed by atoms with Gasteiger partial charge in [-0.05, 0) is 54.6 Å². The van der Waals surface area contributed by atoms with E-state index in [0.717, 1.165) is 16.8 Å². The summed E-state index contributed by atoms with van der Waals surface area (Å²) in [6.07, 6.45) is 0. The Balaban J connectivity index is 1.26. The highest BCUT2D eigenvalue weighted by molar-refractivity contribution is 6.00. The molecular weight excluding hydrogens is 466 g/mol. The number of carbonyl (C=O) groups is 2. The van der Waals surface area contributed by atoms with E-state index >= 15 is 0 Å². The molecule has 5 aromatic rings. The molecule has 3 amide bonds. The fraction of sp³-hybridized carbons (Fsp3) is 0.0690. The summed E-state index contributed by atoms with van der Waals surface area (Å²) in [7, 11) is 0. The zero-order valence-electron chi connectivity index (χ0n) is 19.9. The number of anilines is 3. The van der Waals surface area contributed by atoms with E-state index in [4.69, 9.17) is 4.74 Å². The number of rotatable bonds is 8. The number of amides is 3. The summed E-state index contributed by atoms with van der Waals surface area (Å²) in [5.74, 6) is 1.15. The summed E-state index contributed by atoms with van der Waals surface area (Å²) in [5.41, 5.74) is 3.43. The number of aromatic nitrogens is 2. The van der Waals surface area contributed by atoms with E-state index in [9.17, 15) is 9.59 Å². The van der Waals surface area contributed by atoms with Gasteiger partial charge in [0.15, 0.2) is 0 Å². The number of hydrogen-bond acceptors (Lipinski definition) is 4. The number of benzene rings is 4. The van der Waals surface area contributed by atoms with E-state index in [1.165, 1.54) is 0 Å². The lowest BCUT2D eigenvalue weighted by atomic mass is 10.2. The van der Waals surface area contributed by atoms with Crippen molar-refractivity contribution in [2.24, 2.45) is 0 Å². The number of carbonyl (C=O) groups excluding carboxylic acids is 2. The molecule has 0 spiro atoms. The van der Waals surface area contributed by atoms with Crippen LogP contribution in [0.4, 0.5) is 21.9 Å². The van der Waals surface area contributed by atoms with Crippen molar-refractivity contribution in [1.82, 2.24) is 9.55 Å². The van der Waals surface area contributed by atoms with E-state index in [1.54, 1.807) is 36.4 Å². The third-order valence-corrected chi connectivity index (χ3v) is 5.58. The molecule has 0 aliphatic heterocycles. The van der Waals surface area contributed by atoms with Crippen molar-refractivity contribution in [3.8, 4) is 5.75 Å². The van der Waals surface area contributed by atoms with Gasteiger partial charge in [-0.2, -0.15) is 0 Å². The summed E-state index contributed by atoms with van der Waals surface area (Å²) in [4.78, 5) is 30.0. The normalized spacial score (nSPS) is 10.6. The van der Waals surface area contributed by atoms with E-state index in [-0.39, 0.29) is 25.1 Å². The fourth-order valence-electron chi connectivity index (χ4n) is 3.91. The SMILES string of the molecule is O=C(Cn1c(COc2ccccc2)nc2ccccc21)Nc1cccc(NC(=O)Nc2ccccc2)c1. The first-order chi connectivity index (χ1) is 18.1. The van der Waals surface area contributed by atoms with Gasteiger partial charge < -0.3 is 25.3 Å². The number of nitrogens with zero attached hydrogens (tertiary/aromatic N) is 2. The molecule has 37 heavy (non-hydrogen) atoms. The summed E-state index contributed by atoms with van der Waals surface area (Å²) in [5, 5.41) is 8.46. The number of fused-ring (bicyclic) bond motifs is 1. The van der Waals surface area contributed by atoms with Crippen LogP contribution in [0.25, 0.3) is 11.0 Å². The van der Waals surface area contributed by atoms with Crippen molar-refractivity contribution >= 4 is 40.0 Å². The molecule has 0 fully saturated rings. The van der Waals surface area contributed by atoms with Crippen LogP contribution in [-0.4, -0.2) is 21.5 Å². The van der Waals surface area contributed by atoms with E-state index in [1.807, 2.05) is 77.4 Å². The molecule has 0 aliphatic rings. The van der Waals surface area contributed by atoms with Gasteiger partial charge in [-0.3, -0.25) is 4.79 Å². The quantitative estimate of drug-likeness (QED) is 0.252. The minimum absolute atomic E-state index is 0.0557. The van der Waals surface area contributed by atoms with Gasteiger partial charge in [0.1, 0.15) is 24.7 Å². The number of ether oxygens (including phenoxy) is 1. The predicted octanol–water partition coefficient (Wildman–Crippen LogP) is 5.90. The average Bonchev–Trinajstić information content (AvgIpc) is 3.26. The van der Waals surface area contributed by atoms with E-state index in [2.05, 4.69) is 20.9 Å². The second-order valence-corrected chi connectivity index (χ2v) is 8.28. The second kappa shape index (κ2) is 11.1. The molecule has 1 aromatic heterocycles. The standard InChI is InChI=1S/C29H25N5O3/c35-28(30-22-12-9-13-23(18-22)32-29(36)31-21-10-3-1-4-11-21)19-34-26-17-8-7-16-25(26)33-27(34)20-37-24-14-5-2-6-15-24/h1-18H,19-20H2,(H,30,35)(H2,31,32,36). The molecule has 1 heterocycles. The van der Waals surface area contributed by atoms with E-state index in [0.29, 0.717) is 22.9 Å². The Morgan fingerprint density at radius 1 is 0.703 bits per heavy atom. The molecule has 0 aliphatic carbocycles. The highest BCUT2D eigenvalue weighted by atomic mass is 16.5. The maximum Gasteiger partial charge on any atom is 0.323 e. The molecule has 184 valence electrons. The van der Waals surface area contributed by atoms with Crippen LogP contribution in [0.2, 0.25) is 0 Å². The van der Waals surface area contributed by atoms with Crippen LogP contribution in [0, 0.1) is 0 Å². The van der Waals surface area contributed by atoms with Crippen molar-refractivity contribution < 1.29 is 14.3 Å². The Bertz CT molecular complexity index is 1520. The molecule has 0 unspecified atom stereocenters. The smallest absolute Gasteiger partial charge is 0.323 e. The average molecular weight is 492 g/mol. The van der Waals surface area contributed by atoms with Gasteiger partial charge in [0.2, 0.25) is 5.91 Å². The van der Waals surface area contributed by atoms with Crippen molar-refractivity contribution in [3.63, 3.8) is 0 Å². The van der Waals surface area contributed by atoms with Crippen LogP contribution in [0.5, 0.6) is 5.75 Å². The van der Waals surface area contributed by atoms with Gasteiger partial charge in [-0.15, -0.1) is 0 Å². The molecule has 0 saturated heterocycles. The van der Waals surface area contributed by atoms with Crippen LogP contribution < -0.4 is 20.7 Å². The molecule has 0 bridgehead atoms. The number of imidazole rings is 1. The first-order valence-corrected chi connectivity index (χ1v) is 11.8. The molecule has 8 heteroatoms. The molecule has 0 atom stereocenters. The van der Waals surface area contributed by atoms with Crippen LogP contribution in [0.1, 0.15) is 5.82 Å². The Morgan fingerprint density at radius 2 is 1.32 bits per heavy atom. The van der Waals surface area contributed by atoms with Crippen LogP contribution >= 0.6 is 0 Å². The van der Waals surface area contributed by atoms with Gasteiger partial charge in [-0.1, -0.05) is 54.6 Å². The third kappa shape index (κ3) is 6.12. The van der Waals surface area contributed by atoms with E-state index < -0.39 is 0 Å². The molecular formula is C29H25N5O3. The number of urea groups is 1. The lowest BCUT2D eigenvalue weighted by Gasteiger charge is -2.12. The number of nitrogens with one attached hydrogen (secondary N) is 3. The molecule has 0 saturated carbocycles. The molecule has 5 rings (SSSR count). The highest BCUT2D eigenvalue weighted by Gasteiger charge is 2.15. The minimum atomic E-state index is -0.373. The van der Waals surface area contributed by atoms with Crippen molar-refractivity contribution in [1.29, 1.82) is 0 Å². The predicted molar refractivity (Wildman–Crippen MR) is 145 cm³/mol. The Morgan fingerprint density at radius 3 is 2.11 bits per heavy atom. The first kappa shape index (κ1) is 23.6. The van der Waals surface area contributed by atoms with Crippen LogP contribution in [0.15, 0.2) is 109 Å². The Hall–Kier alpha value is -5.11. The molecule has 3 N–H and O–H groups in total. The Kier molecular flexibility index (Phi) is 7.08. The van der Waals surface area contributed by atoms with Crippen molar-refractivity contribution in [2.45, 2.75) is 13.2 Å². The highest BCUT2D eigenvalue weighted by Crippen LogP contribution is 2.20. The van der Waals surface area contributed by atoms with Crippen molar-refractivity contribution in [3.05, 3.63) is 115 Å². The summed E-state index contributed by atoms with van der Waals surface area (Å²) in [6.45, 7) is 0.280. The zero-order valence-corrected chi connectivity index (χ0v) is 19.9. The first-order valence-electron chi connectivity index (χ1n) is 11.8. The number of para-hydroxylation sites is 4. The molecule has 4 aromatic carbocycles. The fourth-order valence-corrected chi connectivity index (χ4v) is 3.91. The van der Waals surface area contributed by atoms with Crippen molar-refractivity contribution in [2.75, 3.05) is 16.0 Å². The summed E-state index contributed by atoms with van der Waals surface area (Å²) in [6, 6.07) is 32.9. The second-order valence-electron chi connectivity index (χ2n) is 8.28. The molecule has 8 nitrogen and oxygen atoms in total. The largest absolute Gasteiger partial charge is 0.486 e. The van der Waals surface area contributed by atoms with Gasteiger partial charge >= 0.3 is 6.03 Å². The Labute approximate surface area is 213 Å².